The van der Waals surface area contributed by atoms with Crippen LogP contribution in [0.1, 0.15) is 42.0 Å². The number of nitrogens with zero attached hydrogens (tertiary/aromatic N) is 1. The van der Waals surface area contributed by atoms with E-state index in [1.165, 1.54) is 0 Å². The van der Waals surface area contributed by atoms with Gasteiger partial charge in [0.2, 0.25) is 5.91 Å². The summed E-state index contributed by atoms with van der Waals surface area (Å²) in [6.07, 6.45) is 7.65. The van der Waals surface area contributed by atoms with Crippen molar-refractivity contribution in [1.29, 1.82) is 0 Å². The number of rotatable bonds is 5. The fourth-order valence-corrected chi connectivity index (χ4v) is 4.82. The highest BCUT2D eigenvalue weighted by molar-refractivity contribution is 6.01. The van der Waals surface area contributed by atoms with Crippen LogP contribution in [-0.4, -0.2) is 43.3 Å². The van der Waals surface area contributed by atoms with Gasteiger partial charge in [-0.3, -0.25) is 9.59 Å². The Morgan fingerprint density at radius 2 is 1.93 bits per heavy atom. The number of aliphatic carboxylic acids is 1. The van der Waals surface area contributed by atoms with E-state index in [0.717, 1.165) is 16.7 Å². The summed E-state index contributed by atoms with van der Waals surface area (Å²) >= 11 is 0. The van der Waals surface area contributed by atoms with Gasteiger partial charge in [0.05, 0.1) is 20.3 Å². The highest BCUT2D eigenvalue weighted by Gasteiger charge is 2.50. The molecule has 2 aliphatic carbocycles. The van der Waals surface area contributed by atoms with Crippen molar-refractivity contribution in [3.8, 4) is 11.5 Å². The van der Waals surface area contributed by atoms with Gasteiger partial charge in [-0.25, -0.2) is 0 Å². The van der Waals surface area contributed by atoms with Gasteiger partial charge >= 0.3 is 0 Å². The molecule has 1 aliphatic heterocycles. The number of benzene rings is 1. The summed E-state index contributed by atoms with van der Waals surface area (Å²) in [6.45, 7) is 0.501. The van der Waals surface area contributed by atoms with Crippen molar-refractivity contribution in [3.63, 3.8) is 0 Å². The molecular weight excluding hydrogens is 374 g/mol. The summed E-state index contributed by atoms with van der Waals surface area (Å²) in [5, 5.41) is 10.8. The van der Waals surface area contributed by atoms with Crippen LogP contribution >= 0.6 is 0 Å². The Bertz CT molecular complexity index is 945. The maximum atomic E-state index is 12.8. The second-order valence-electron chi connectivity index (χ2n) is 7.60. The van der Waals surface area contributed by atoms with Gasteiger partial charge in [0, 0.05) is 29.9 Å². The molecular formula is C22H22NO6-. The van der Waals surface area contributed by atoms with Crippen LogP contribution in [0.5, 0.6) is 11.5 Å². The first-order chi connectivity index (χ1) is 13.9. The number of allylic oxidation sites excluding steroid dienone is 4. The van der Waals surface area contributed by atoms with E-state index >= 15 is 0 Å². The van der Waals surface area contributed by atoms with Crippen LogP contribution in [0.3, 0.4) is 0 Å². The fourth-order valence-electron chi connectivity index (χ4n) is 4.82. The minimum Gasteiger partial charge on any atom is -0.550 e. The maximum Gasteiger partial charge on any atom is 0.223 e. The van der Waals surface area contributed by atoms with Crippen molar-refractivity contribution >= 4 is 17.7 Å². The molecule has 3 aliphatic rings. The van der Waals surface area contributed by atoms with Crippen LogP contribution in [0.4, 0.5) is 0 Å². The van der Waals surface area contributed by atoms with Crippen molar-refractivity contribution in [2.45, 2.75) is 37.1 Å². The van der Waals surface area contributed by atoms with Crippen LogP contribution in [0.15, 0.2) is 30.4 Å². The Hall–Kier alpha value is -3.09. The van der Waals surface area contributed by atoms with E-state index in [1.54, 1.807) is 31.3 Å². The molecule has 1 aromatic rings. The molecule has 0 fully saturated rings. The smallest absolute Gasteiger partial charge is 0.223 e. The molecule has 7 nitrogen and oxygen atoms in total. The molecule has 1 amide bonds. The molecule has 0 aromatic heterocycles. The topological polar surface area (TPSA) is 96.0 Å². The standard InChI is InChI=1S/C22H23NO6/c1-28-16-11-13-7-10-23(17(25)3-4-18(26)27)15-12-22(8-5-14(24)6-9-22)20(19(13)15)21(16)29-2/h5-6,8-9,11,15H,3-4,7,10,12H2,1-2H3,(H,26,27)/p-1. The lowest BCUT2D eigenvalue weighted by atomic mass is 9.77. The first kappa shape index (κ1) is 19.2. The van der Waals surface area contributed by atoms with Crippen LogP contribution in [0.2, 0.25) is 0 Å². The molecule has 1 atom stereocenters. The highest BCUT2D eigenvalue weighted by Crippen LogP contribution is 2.58. The van der Waals surface area contributed by atoms with Gasteiger partial charge in [-0.15, -0.1) is 0 Å². The number of amides is 1. The van der Waals surface area contributed by atoms with E-state index in [9.17, 15) is 19.5 Å². The van der Waals surface area contributed by atoms with Crippen LogP contribution in [0, 0.1) is 0 Å². The zero-order valence-electron chi connectivity index (χ0n) is 16.4. The number of carboxylic acid groups (broad SMARTS) is 1. The number of methoxy groups -OCH3 is 2. The van der Waals surface area contributed by atoms with Crippen molar-refractivity contribution in [2.24, 2.45) is 0 Å². The predicted molar refractivity (Wildman–Crippen MR) is 102 cm³/mol. The third kappa shape index (κ3) is 3.01. The van der Waals surface area contributed by atoms with Crippen molar-refractivity contribution in [1.82, 2.24) is 4.90 Å². The van der Waals surface area contributed by atoms with Crippen molar-refractivity contribution in [3.05, 3.63) is 47.1 Å². The van der Waals surface area contributed by atoms with Gasteiger partial charge in [0.1, 0.15) is 0 Å². The van der Waals surface area contributed by atoms with Crippen molar-refractivity contribution < 1.29 is 29.0 Å². The molecule has 1 heterocycles. The molecule has 152 valence electrons. The maximum absolute atomic E-state index is 12.8. The summed E-state index contributed by atoms with van der Waals surface area (Å²) in [4.78, 5) is 37.2. The molecule has 1 unspecified atom stereocenters. The summed E-state index contributed by atoms with van der Waals surface area (Å²) < 4.78 is 11.3. The Balaban J connectivity index is 1.84. The quantitative estimate of drug-likeness (QED) is 0.737. The first-order valence-corrected chi connectivity index (χ1v) is 9.60. The third-order valence-electron chi connectivity index (χ3n) is 6.08. The number of carboxylic acids is 1. The van der Waals surface area contributed by atoms with E-state index in [-0.39, 0.29) is 30.6 Å². The van der Waals surface area contributed by atoms with Crippen LogP contribution in [-0.2, 0) is 26.2 Å². The predicted octanol–water partition coefficient (Wildman–Crippen LogP) is 0.996. The second-order valence-corrected chi connectivity index (χ2v) is 7.60. The zero-order chi connectivity index (χ0) is 20.8. The largest absolute Gasteiger partial charge is 0.550 e. The summed E-state index contributed by atoms with van der Waals surface area (Å²) in [5.74, 6) is -0.303. The van der Waals surface area contributed by atoms with E-state index in [4.69, 9.17) is 9.47 Å². The highest BCUT2D eigenvalue weighted by atomic mass is 16.5. The van der Waals surface area contributed by atoms with Gasteiger partial charge in [-0.1, -0.05) is 12.2 Å². The number of hydrogen-bond acceptors (Lipinski definition) is 6. The average Bonchev–Trinajstić information content (AvgIpc) is 3.04. The lowest BCUT2D eigenvalue weighted by Crippen LogP contribution is -2.40. The SMILES string of the molecule is COc1cc2c3c(c1OC)C1(C=CC(=O)C=C1)CC3N(C(=O)CCC(=O)[O-])CC2. The van der Waals surface area contributed by atoms with Gasteiger partial charge < -0.3 is 24.3 Å². The molecule has 0 bridgehead atoms. The summed E-state index contributed by atoms with van der Waals surface area (Å²) in [6, 6.07) is 1.74. The molecule has 0 saturated heterocycles. The molecule has 1 aromatic carbocycles. The minimum absolute atomic E-state index is 0.0838. The second kappa shape index (κ2) is 7.06. The molecule has 29 heavy (non-hydrogen) atoms. The monoisotopic (exact) mass is 396 g/mol. The van der Waals surface area contributed by atoms with Gasteiger partial charge in [0.25, 0.3) is 0 Å². The van der Waals surface area contributed by atoms with Gasteiger partial charge in [-0.2, -0.15) is 0 Å². The zero-order valence-corrected chi connectivity index (χ0v) is 16.4. The lowest BCUT2D eigenvalue weighted by Gasteiger charge is -2.36. The molecule has 0 N–H and O–H groups in total. The number of carbonyl (C=O) groups excluding carboxylic acids is 3. The molecule has 1 spiro atoms. The Morgan fingerprint density at radius 3 is 2.55 bits per heavy atom. The molecule has 4 rings (SSSR count). The molecule has 7 heteroatoms. The lowest BCUT2D eigenvalue weighted by molar-refractivity contribution is -0.305. The Kier molecular flexibility index (Phi) is 4.68. The number of hydrogen-bond donors (Lipinski definition) is 0. The van der Waals surface area contributed by atoms with Crippen LogP contribution in [0.25, 0.3) is 0 Å². The van der Waals surface area contributed by atoms with E-state index in [1.807, 2.05) is 18.2 Å². The average molecular weight is 396 g/mol. The third-order valence-corrected chi connectivity index (χ3v) is 6.08. The normalized spacial score (nSPS) is 20.7. The van der Waals surface area contributed by atoms with E-state index < -0.39 is 11.4 Å². The number of ketones is 1. The Labute approximate surface area is 168 Å². The van der Waals surface area contributed by atoms with E-state index in [0.29, 0.717) is 30.9 Å². The Morgan fingerprint density at radius 1 is 1.21 bits per heavy atom. The minimum atomic E-state index is -1.23. The van der Waals surface area contributed by atoms with Crippen LogP contribution < -0.4 is 14.6 Å². The summed E-state index contributed by atoms with van der Waals surface area (Å²) in [5.41, 5.74) is 2.43. The van der Waals surface area contributed by atoms with E-state index in [2.05, 4.69) is 0 Å². The molecule has 0 radical (unpaired) electrons. The number of carbonyl (C=O) groups is 3. The van der Waals surface area contributed by atoms with Gasteiger partial charge in [0.15, 0.2) is 17.3 Å². The number of fused-ring (bicyclic) bond motifs is 1. The molecule has 0 saturated carbocycles. The van der Waals surface area contributed by atoms with Gasteiger partial charge in [-0.05, 0) is 48.6 Å². The summed E-state index contributed by atoms with van der Waals surface area (Å²) in [7, 11) is 3.17. The number of ether oxygens (including phenoxy) is 2. The van der Waals surface area contributed by atoms with Crippen molar-refractivity contribution in [2.75, 3.05) is 20.8 Å². The fraction of sp³-hybridized carbons (Fsp3) is 0.409. The first-order valence-electron chi connectivity index (χ1n) is 9.60.